The molecule has 2 rings (SSSR count). The highest BCUT2D eigenvalue weighted by Gasteiger charge is 2.17. The summed E-state index contributed by atoms with van der Waals surface area (Å²) in [4.78, 5) is 14.1. The number of carbonyl (C=O) groups is 1. The fourth-order valence-corrected chi connectivity index (χ4v) is 3.16. The third-order valence-corrected chi connectivity index (χ3v) is 4.60. The Balaban J connectivity index is 1.49. The summed E-state index contributed by atoms with van der Waals surface area (Å²) in [5, 5.41) is 6.52. The van der Waals surface area contributed by atoms with E-state index >= 15 is 0 Å². The molecule has 2 saturated heterocycles. The molecule has 0 radical (unpaired) electrons. The van der Waals surface area contributed by atoms with E-state index in [9.17, 15) is 4.79 Å². The molecular formula is C15H29N3O. The van der Waals surface area contributed by atoms with E-state index in [0.717, 1.165) is 31.8 Å². The molecule has 4 heteroatoms. The van der Waals surface area contributed by atoms with Crippen LogP contribution in [0.4, 0.5) is 0 Å². The number of amides is 1. The maximum absolute atomic E-state index is 11.7. The second kappa shape index (κ2) is 7.85. The third kappa shape index (κ3) is 5.49. The highest BCUT2D eigenvalue weighted by molar-refractivity contribution is 5.75. The van der Waals surface area contributed by atoms with Gasteiger partial charge in [0.25, 0.3) is 0 Å². The molecule has 19 heavy (non-hydrogen) atoms. The number of hydrogen-bond donors (Lipinski definition) is 2. The zero-order valence-electron chi connectivity index (χ0n) is 12.3. The van der Waals surface area contributed by atoms with Gasteiger partial charge in [0.15, 0.2) is 0 Å². The molecule has 0 aromatic heterocycles. The minimum atomic E-state index is 0.238. The van der Waals surface area contributed by atoms with E-state index in [0.29, 0.717) is 12.5 Å². The van der Waals surface area contributed by atoms with Crippen LogP contribution in [-0.2, 0) is 4.79 Å². The van der Waals surface area contributed by atoms with Crippen LogP contribution in [-0.4, -0.2) is 50.1 Å². The quantitative estimate of drug-likeness (QED) is 0.764. The Kier molecular flexibility index (Phi) is 6.11. The van der Waals surface area contributed by atoms with Crippen molar-refractivity contribution in [3.63, 3.8) is 0 Å². The molecular weight excluding hydrogens is 238 g/mol. The summed E-state index contributed by atoms with van der Waals surface area (Å²) in [7, 11) is 2.19. The van der Waals surface area contributed by atoms with E-state index in [1.807, 2.05) is 0 Å². The first-order valence-corrected chi connectivity index (χ1v) is 7.92. The maximum atomic E-state index is 11.7. The second-order valence-electron chi connectivity index (χ2n) is 6.22. The van der Waals surface area contributed by atoms with Gasteiger partial charge < -0.3 is 15.5 Å². The predicted octanol–water partition coefficient (Wildman–Crippen LogP) is 1.37. The Bertz CT molecular complexity index is 269. The molecule has 4 nitrogen and oxygen atoms in total. The van der Waals surface area contributed by atoms with Gasteiger partial charge in [-0.15, -0.1) is 0 Å². The first kappa shape index (κ1) is 14.8. The Morgan fingerprint density at radius 1 is 1.26 bits per heavy atom. The standard InChI is InChI=1S/C15H29N3O/c1-18-11-7-13(8-12-18)6-10-17-15(19)5-4-14-3-2-9-16-14/h13-14,16H,2-12H2,1H3,(H,17,19). The lowest BCUT2D eigenvalue weighted by Crippen LogP contribution is -2.33. The number of rotatable bonds is 6. The summed E-state index contributed by atoms with van der Waals surface area (Å²) in [5.74, 6) is 1.05. The van der Waals surface area contributed by atoms with Crippen molar-refractivity contribution in [2.45, 2.75) is 51.0 Å². The number of nitrogens with zero attached hydrogens (tertiary/aromatic N) is 1. The van der Waals surface area contributed by atoms with E-state index in [1.54, 1.807) is 0 Å². The Labute approximate surface area is 117 Å². The lowest BCUT2D eigenvalue weighted by molar-refractivity contribution is -0.121. The highest BCUT2D eigenvalue weighted by Crippen LogP contribution is 2.18. The minimum absolute atomic E-state index is 0.238. The van der Waals surface area contributed by atoms with E-state index in [1.165, 1.54) is 38.8 Å². The van der Waals surface area contributed by atoms with Crippen molar-refractivity contribution in [3.05, 3.63) is 0 Å². The van der Waals surface area contributed by atoms with Gasteiger partial charge in [0, 0.05) is 19.0 Å². The molecule has 0 bridgehead atoms. The number of carbonyl (C=O) groups excluding carboxylic acids is 1. The lowest BCUT2D eigenvalue weighted by Gasteiger charge is -2.28. The average Bonchev–Trinajstić information content (AvgIpc) is 2.92. The zero-order valence-corrected chi connectivity index (χ0v) is 12.3. The van der Waals surface area contributed by atoms with Crippen LogP contribution >= 0.6 is 0 Å². The Hall–Kier alpha value is -0.610. The highest BCUT2D eigenvalue weighted by atomic mass is 16.1. The first-order chi connectivity index (χ1) is 9.24. The Morgan fingerprint density at radius 3 is 2.74 bits per heavy atom. The molecule has 110 valence electrons. The van der Waals surface area contributed by atoms with E-state index in [-0.39, 0.29) is 5.91 Å². The molecule has 0 saturated carbocycles. The van der Waals surface area contributed by atoms with Gasteiger partial charge in [0.05, 0.1) is 0 Å². The van der Waals surface area contributed by atoms with Gasteiger partial charge in [0.2, 0.25) is 5.91 Å². The second-order valence-corrected chi connectivity index (χ2v) is 6.22. The van der Waals surface area contributed by atoms with Crippen LogP contribution in [0, 0.1) is 5.92 Å². The lowest BCUT2D eigenvalue weighted by atomic mass is 9.94. The smallest absolute Gasteiger partial charge is 0.220 e. The molecule has 2 N–H and O–H groups in total. The van der Waals surface area contributed by atoms with Crippen LogP contribution in [0.1, 0.15) is 44.9 Å². The van der Waals surface area contributed by atoms with Gasteiger partial charge in [-0.1, -0.05) is 0 Å². The van der Waals surface area contributed by atoms with Gasteiger partial charge >= 0.3 is 0 Å². The van der Waals surface area contributed by atoms with Crippen molar-refractivity contribution in [2.24, 2.45) is 5.92 Å². The van der Waals surface area contributed by atoms with E-state index < -0.39 is 0 Å². The topological polar surface area (TPSA) is 44.4 Å². The Morgan fingerprint density at radius 2 is 2.05 bits per heavy atom. The summed E-state index contributed by atoms with van der Waals surface area (Å²) in [5.41, 5.74) is 0. The number of piperidine rings is 1. The van der Waals surface area contributed by atoms with Gasteiger partial charge in [-0.05, 0) is 71.1 Å². The summed E-state index contributed by atoms with van der Waals surface area (Å²) in [6.07, 6.45) is 7.92. The summed E-state index contributed by atoms with van der Waals surface area (Å²) >= 11 is 0. The predicted molar refractivity (Wildman–Crippen MR) is 78.1 cm³/mol. The molecule has 2 aliphatic rings. The number of likely N-dealkylation sites (tertiary alicyclic amines) is 1. The first-order valence-electron chi connectivity index (χ1n) is 7.92. The largest absolute Gasteiger partial charge is 0.356 e. The molecule has 2 fully saturated rings. The molecule has 2 aliphatic heterocycles. The van der Waals surface area contributed by atoms with Crippen molar-refractivity contribution in [2.75, 3.05) is 33.2 Å². The zero-order chi connectivity index (χ0) is 13.5. The van der Waals surface area contributed by atoms with Gasteiger partial charge in [-0.25, -0.2) is 0 Å². The number of nitrogens with one attached hydrogen (secondary N) is 2. The molecule has 1 atom stereocenters. The number of hydrogen-bond acceptors (Lipinski definition) is 3. The van der Waals surface area contributed by atoms with Crippen molar-refractivity contribution >= 4 is 5.91 Å². The van der Waals surface area contributed by atoms with Crippen molar-refractivity contribution in [1.29, 1.82) is 0 Å². The SMILES string of the molecule is CN1CCC(CCNC(=O)CCC2CCCN2)CC1. The summed E-state index contributed by atoms with van der Waals surface area (Å²) < 4.78 is 0. The van der Waals surface area contributed by atoms with E-state index in [2.05, 4.69) is 22.6 Å². The normalized spacial score (nSPS) is 25.6. The average molecular weight is 267 g/mol. The molecule has 1 amide bonds. The fraction of sp³-hybridized carbons (Fsp3) is 0.933. The van der Waals surface area contributed by atoms with Crippen LogP contribution in [0.25, 0.3) is 0 Å². The van der Waals surface area contributed by atoms with Crippen molar-refractivity contribution in [1.82, 2.24) is 15.5 Å². The molecule has 0 aromatic carbocycles. The minimum Gasteiger partial charge on any atom is -0.356 e. The molecule has 0 spiro atoms. The molecule has 1 unspecified atom stereocenters. The molecule has 0 aromatic rings. The maximum Gasteiger partial charge on any atom is 0.220 e. The molecule has 0 aliphatic carbocycles. The van der Waals surface area contributed by atoms with Crippen LogP contribution in [0.3, 0.4) is 0 Å². The van der Waals surface area contributed by atoms with Crippen LogP contribution in [0.2, 0.25) is 0 Å². The van der Waals surface area contributed by atoms with Crippen LogP contribution < -0.4 is 10.6 Å². The monoisotopic (exact) mass is 267 g/mol. The fourth-order valence-electron chi connectivity index (χ4n) is 3.16. The van der Waals surface area contributed by atoms with Crippen molar-refractivity contribution in [3.8, 4) is 0 Å². The van der Waals surface area contributed by atoms with Crippen molar-refractivity contribution < 1.29 is 4.79 Å². The summed E-state index contributed by atoms with van der Waals surface area (Å²) in [6, 6.07) is 0.583. The molecule has 2 heterocycles. The van der Waals surface area contributed by atoms with Crippen LogP contribution in [0.5, 0.6) is 0 Å². The van der Waals surface area contributed by atoms with Gasteiger partial charge in [-0.2, -0.15) is 0 Å². The van der Waals surface area contributed by atoms with E-state index in [4.69, 9.17) is 0 Å². The summed E-state index contributed by atoms with van der Waals surface area (Å²) in [6.45, 7) is 4.42. The van der Waals surface area contributed by atoms with Gasteiger partial charge in [-0.3, -0.25) is 4.79 Å². The third-order valence-electron chi connectivity index (χ3n) is 4.60. The van der Waals surface area contributed by atoms with Gasteiger partial charge in [0.1, 0.15) is 0 Å². The van der Waals surface area contributed by atoms with Crippen LogP contribution in [0.15, 0.2) is 0 Å².